The zero-order chi connectivity index (χ0) is 19.6. The minimum atomic E-state index is -0.487. The highest BCUT2D eigenvalue weighted by Crippen LogP contribution is 2.49. The van der Waals surface area contributed by atoms with Crippen LogP contribution in [0.1, 0.15) is 36.9 Å². The van der Waals surface area contributed by atoms with Gasteiger partial charge in [-0.15, -0.1) is 0 Å². The van der Waals surface area contributed by atoms with Gasteiger partial charge in [0, 0.05) is 18.1 Å². The standard InChI is InChI=1S/C22H23N3O3/c1-27-16-9-7-15(8-10-16)22(11-12-22)21(26)25-20-13-18(23-14-24-20)17-5-3-4-6-19(17)28-2/h3,5,7-10,13-14H,4,6,11-12H2,1-2H3,(H,23,24,25,26). The summed E-state index contributed by atoms with van der Waals surface area (Å²) in [7, 11) is 3.30. The lowest BCUT2D eigenvalue weighted by atomic mass is 9.95. The van der Waals surface area contributed by atoms with E-state index in [-0.39, 0.29) is 5.91 Å². The van der Waals surface area contributed by atoms with E-state index in [9.17, 15) is 4.79 Å². The van der Waals surface area contributed by atoms with Crippen LogP contribution < -0.4 is 10.1 Å². The number of carbonyl (C=O) groups is 1. The van der Waals surface area contributed by atoms with Gasteiger partial charge in [-0.1, -0.05) is 24.3 Å². The summed E-state index contributed by atoms with van der Waals surface area (Å²) in [5.74, 6) is 2.14. The van der Waals surface area contributed by atoms with Crippen LogP contribution in [0.3, 0.4) is 0 Å². The van der Waals surface area contributed by atoms with E-state index in [1.54, 1.807) is 20.3 Å². The van der Waals surface area contributed by atoms with Gasteiger partial charge in [-0.3, -0.25) is 4.79 Å². The highest BCUT2D eigenvalue weighted by molar-refractivity contribution is 6.01. The summed E-state index contributed by atoms with van der Waals surface area (Å²) < 4.78 is 10.7. The fourth-order valence-electron chi connectivity index (χ4n) is 3.57. The summed E-state index contributed by atoms with van der Waals surface area (Å²) in [4.78, 5) is 21.6. The molecule has 0 saturated heterocycles. The molecule has 1 fully saturated rings. The van der Waals surface area contributed by atoms with Crippen molar-refractivity contribution < 1.29 is 14.3 Å². The van der Waals surface area contributed by atoms with Crippen molar-refractivity contribution in [2.75, 3.05) is 19.5 Å². The van der Waals surface area contributed by atoms with Crippen molar-refractivity contribution >= 4 is 17.3 Å². The van der Waals surface area contributed by atoms with E-state index in [2.05, 4.69) is 21.4 Å². The molecule has 0 bridgehead atoms. The average Bonchev–Trinajstić information content (AvgIpc) is 3.56. The number of anilines is 1. The zero-order valence-corrected chi connectivity index (χ0v) is 16.1. The van der Waals surface area contributed by atoms with Gasteiger partial charge in [0.05, 0.1) is 25.3 Å². The van der Waals surface area contributed by atoms with Crippen molar-refractivity contribution in [3.63, 3.8) is 0 Å². The predicted molar refractivity (Wildman–Crippen MR) is 107 cm³/mol. The SMILES string of the molecule is COC1=C(c2cc(NC(=O)C3(c4ccc(OC)cc4)CC3)ncn2)C=CCC1. The molecule has 0 unspecified atom stereocenters. The van der Waals surface area contributed by atoms with E-state index in [0.29, 0.717) is 5.82 Å². The van der Waals surface area contributed by atoms with Crippen molar-refractivity contribution in [3.05, 3.63) is 65.8 Å². The summed E-state index contributed by atoms with van der Waals surface area (Å²) >= 11 is 0. The molecule has 0 radical (unpaired) electrons. The summed E-state index contributed by atoms with van der Waals surface area (Å²) in [6.07, 6.45) is 9.02. The summed E-state index contributed by atoms with van der Waals surface area (Å²) in [6, 6.07) is 9.49. The minimum absolute atomic E-state index is 0.0394. The zero-order valence-electron chi connectivity index (χ0n) is 16.1. The molecule has 4 rings (SSSR count). The Bertz CT molecular complexity index is 944. The van der Waals surface area contributed by atoms with E-state index < -0.39 is 5.41 Å². The Morgan fingerprint density at radius 1 is 1.11 bits per heavy atom. The molecular formula is C22H23N3O3. The van der Waals surface area contributed by atoms with Crippen molar-refractivity contribution in [1.29, 1.82) is 0 Å². The van der Waals surface area contributed by atoms with Gasteiger partial charge in [0.15, 0.2) is 0 Å². The van der Waals surface area contributed by atoms with Gasteiger partial charge in [-0.25, -0.2) is 9.97 Å². The Kier molecular flexibility index (Phi) is 4.86. The summed E-state index contributed by atoms with van der Waals surface area (Å²) in [5, 5.41) is 2.98. The Morgan fingerprint density at radius 3 is 2.57 bits per heavy atom. The minimum Gasteiger partial charge on any atom is -0.500 e. The Balaban J connectivity index is 1.55. The number of hydrogen-bond donors (Lipinski definition) is 1. The molecule has 0 atom stereocenters. The summed E-state index contributed by atoms with van der Waals surface area (Å²) in [6.45, 7) is 0. The van der Waals surface area contributed by atoms with Gasteiger partial charge in [-0.05, 0) is 37.0 Å². The van der Waals surface area contributed by atoms with Gasteiger partial charge >= 0.3 is 0 Å². The van der Waals surface area contributed by atoms with Crippen LogP contribution >= 0.6 is 0 Å². The van der Waals surface area contributed by atoms with Gasteiger partial charge < -0.3 is 14.8 Å². The van der Waals surface area contributed by atoms with Crippen LogP contribution in [0.2, 0.25) is 0 Å². The molecule has 1 amide bonds. The molecule has 1 heterocycles. The second kappa shape index (κ2) is 7.46. The van der Waals surface area contributed by atoms with Crippen LogP contribution in [0.15, 0.2) is 54.6 Å². The quantitative estimate of drug-likeness (QED) is 0.827. The van der Waals surface area contributed by atoms with Gasteiger partial charge in [0.1, 0.15) is 23.7 Å². The number of ether oxygens (including phenoxy) is 2. The average molecular weight is 377 g/mol. The molecule has 2 aliphatic carbocycles. The normalized spacial score (nSPS) is 17.2. The number of benzene rings is 1. The first kappa shape index (κ1) is 18.2. The highest BCUT2D eigenvalue weighted by Gasteiger charge is 2.51. The Morgan fingerprint density at radius 2 is 1.89 bits per heavy atom. The number of hydrogen-bond acceptors (Lipinski definition) is 5. The van der Waals surface area contributed by atoms with Crippen molar-refractivity contribution in [1.82, 2.24) is 9.97 Å². The molecule has 144 valence electrons. The molecule has 1 aromatic carbocycles. The van der Waals surface area contributed by atoms with Crippen molar-refractivity contribution in [2.24, 2.45) is 0 Å². The molecule has 2 aliphatic rings. The lowest BCUT2D eigenvalue weighted by molar-refractivity contribution is -0.118. The molecule has 1 N–H and O–H groups in total. The molecule has 0 spiro atoms. The molecule has 0 aliphatic heterocycles. The number of nitrogens with one attached hydrogen (secondary N) is 1. The predicted octanol–water partition coefficient (Wildman–Crippen LogP) is 3.86. The summed E-state index contributed by atoms with van der Waals surface area (Å²) in [5.41, 5.74) is 2.19. The van der Waals surface area contributed by atoms with Crippen LogP contribution in [0.4, 0.5) is 5.82 Å². The molecule has 1 aromatic heterocycles. The maximum Gasteiger partial charge on any atom is 0.236 e. The third kappa shape index (κ3) is 3.38. The van der Waals surface area contributed by atoms with E-state index >= 15 is 0 Å². The smallest absolute Gasteiger partial charge is 0.236 e. The number of methoxy groups -OCH3 is 2. The number of rotatable bonds is 6. The van der Waals surface area contributed by atoms with Crippen molar-refractivity contribution in [3.8, 4) is 5.75 Å². The topological polar surface area (TPSA) is 73.3 Å². The first-order chi connectivity index (χ1) is 13.7. The molecular weight excluding hydrogens is 354 g/mol. The Hall–Kier alpha value is -3.15. The molecule has 6 nitrogen and oxygen atoms in total. The third-order valence-electron chi connectivity index (χ3n) is 5.38. The van der Waals surface area contributed by atoms with Crippen LogP contribution in [0.5, 0.6) is 5.75 Å². The van der Waals surface area contributed by atoms with E-state index in [1.807, 2.05) is 30.3 Å². The maximum absolute atomic E-state index is 13.0. The van der Waals surface area contributed by atoms with Gasteiger partial charge in [0.2, 0.25) is 5.91 Å². The van der Waals surface area contributed by atoms with Crippen LogP contribution in [-0.2, 0) is 14.9 Å². The monoisotopic (exact) mass is 377 g/mol. The second-order valence-electron chi connectivity index (χ2n) is 7.04. The maximum atomic E-state index is 13.0. The lowest BCUT2D eigenvalue weighted by Crippen LogP contribution is -2.28. The fourth-order valence-corrected chi connectivity index (χ4v) is 3.57. The number of aromatic nitrogens is 2. The van der Waals surface area contributed by atoms with Crippen molar-refractivity contribution in [2.45, 2.75) is 31.1 Å². The fraction of sp³-hybridized carbons (Fsp3) is 0.318. The first-order valence-corrected chi connectivity index (χ1v) is 9.38. The third-order valence-corrected chi connectivity index (χ3v) is 5.38. The van der Waals surface area contributed by atoms with E-state index in [1.165, 1.54) is 6.33 Å². The molecule has 28 heavy (non-hydrogen) atoms. The van der Waals surface area contributed by atoms with Gasteiger partial charge in [0.25, 0.3) is 0 Å². The Labute approximate surface area is 164 Å². The van der Waals surface area contributed by atoms with Crippen LogP contribution in [-0.4, -0.2) is 30.1 Å². The van der Waals surface area contributed by atoms with E-state index in [4.69, 9.17) is 9.47 Å². The van der Waals surface area contributed by atoms with E-state index in [0.717, 1.165) is 54.0 Å². The number of amides is 1. The highest BCUT2D eigenvalue weighted by atomic mass is 16.5. The molecule has 6 heteroatoms. The number of nitrogens with zero attached hydrogens (tertiary/aromatic N) is 2. The lowest BCUT2D eigenvalue weighted by Gasteiger charge is -2.17. The second-order valence-corrected chi connectivity index (χ2v) is 7.04. The molecule has 2 aromatic rings. The van der Waals surface area contributed by atoms with Crippen LogP contribution in [0.25, 0.3) is 5.57 Å². The molecule has 1 saturated carbocycles. The largest absolute Gasteiger partial charge is 0.500 e. The number of allylic oxidation sites excluding steroid dienone is 4. The van der Waals surface area contributed by atoms with Gasteiger partial charge in [-0.2, -0.15) is 0 Å². The van der Waals surface area contributed by atoms with Crippen LogP contribution in [0, 0.1) is 0 Å². The number of carbonyl (C=O) groups excluding carboxylic acids is 1. The first-order valence-electron chi connectivity index (χ1n) is 9.38.